The van der Waals surface area contributed by atoms with Gasteiger partial charge in [0.2, 0.25) is 0 Å². The number of aliphatic hydroxyl groups excluding tert-OH is 2. The molecule has 1 fully saturated rings. The number of fused-ring (bicyclic) bond motifs is 1. The number of hydrogen-bond donors (Lipinski definition) is 3. The van der Waals surface area contributed by atoms with Crippen LogP contribution in [-0.4, -0.2) is 51.5 Å². The van der Waals surface area contributed by atoms with Crippen LogP contribution in [0.25, 0.3) is 0 Å². The lowest BCUT2D eigenvalue weighted by molar-refractivity contribution is -0.201. The Labute approximate surface area is 184 Å². The monoisotopic (exact) mass is 432 g/mol. The van der Waals surface area contributed by atoms with Gasteiger partial charge in [-0.05, 0) is 55.6 Å². The summed E-state index contributed by atoms with van der Waals surface area (Å²) in [7, 11) is 0. The second kappa shape index (κ2) is 7.68. The minimum atomic E-state index is -2.11. The number of hydrogen-bond acceptors (Lipinski definition) is 6. The van der Waals surface area contributed by atoms with Gasteiger partial charge in [-0.25, -0.2) is 4.79 Å². The molecule has 6 nitrogen and oxygen atoms in total. The van der Waals surface area contributed by atoms with Gasteiger partial charge in [-0.2, -0.15) is 0 Å². The van der Waals surface area contributed by atoms with Crippen molar-refractivity contribution in [2.24, 2.45) is 28.6 Å². The molecule has 0 aliphatic heterocycles. The van der Waals surface area contributed by atoms with Crippen LogP contribution in [0.4, 0.5) is 0 Å². The van der Waals surface area contributed by atoms with Crippen molar-refractivity contribution in [1.82, 2.24) is 0 Å². The van der Waals surface area contributed by atoms with Crippen molar-refractivity contribution in [2.45, 2.75) is 72.7 Å². The Balaban J connectivity index is 2.30. The maximum atomic E-state index is 14.2. The Morgan fingerprint density at radius 2 is 1.90 bits per heavy atom. The van der Waals surface area contributed by atoms with E-state index in [1.54, 1.807) is 39.0 Å². The van der Waals surface area contributed by atoms with E-state index in [-0.39, 0.29) is 23.2 Å². The van der Waals surface area contributed by atoms with Gasteiger partial charge in [0.05, 0.1) is 12.0 Å². The summed E-state index contributed by atoms with van der Waals surface area (Å²) >= 11 is 0. The van der Waals surface area contributed by atoms with E-state index in [0.29, 0.717) is 17.6 Å². The zero-order chi connectivity index (χ0) is 23.5. The van der Waals surface area contributed by atoms with Crippen molar-refractivity contribution in [1.29, 1.82) is 0 Å². The molecule has 3 unspecified atom stereocenters. The number of carbonyl (C=O) groups excluding carboxylic acids is 2. The molecule has 3 rings (SSSR count). The molecule has 1 saturated carbocycles. The van der Waals surface area contributed by atoms with Gasteiger partial charge in [0.15, 0.2) is 17.5 Å². The normalized spacial score (nSPS) is 42.2. The third-order valence-electron chi connectivity index (χ3n) is 8.49. The molecule has 3 aliphatic rings. The number of aliphatic hydroxyl groups is 3. The lowest BCUT2D eigenvalue weighted by Gasteiger charge is -2.48. The molecule has 0 heterocycles. The minimum absolute atomic E-state index is 0.145. The Morgan fingerprint density at radius 1 is 1.29 bits per heavy atom. The molecule has 172 valence electrons. The number of allylic oxidation sites excluding steroid dienone is 2. The maximum Gasteiger partial charge on any atom is 0.334 e. The van der Waals surface area contributed by atoms with Crippen LogP contribution < -0.4 is 0 Å². The Bertz CT molecular complexity index is 880. The highest BCUT2D eigenvalue weighted by molar-refractivity contribution is 5.95. The largest absolute Gasteiger partial charge is 0.451 e. The van der Waals surface area contributed by atoms with E-state index in [4.69, 9.17) is 4.74 Å². The van der Waals surface area contributed by atoms with Crippen LogP contribution >= 0.6 is 0 Å². The number of rotatable bonds is 3. The molecule has 3 aliphatic carbocycles. The smallest absolute Gasteiger partial charge is 0.334 e. The fourth-order valence-electron chi connectivity index (χ4n) is 5.97. The van der Waals surface area contributed by atoms with Crippen LogP contribution in [0, 0.1) is 28.6 Å². The lowest BCUT2D eigenvalue weighted by Crippen LogP contribution is -2.65. The van der Waals surface area contributed by atoms with Crippen molar-refractivity contribution in [2.75, 3.05) is 6.61 Å². The molecule has 2 bridgehead atoms. The van der Waals surface area contributed by atoms with Gasteiger partial charge in [0, 0.05) is 11.5 Å². The number of Topliss-reactive ketones (excluding diaryl/α,β-unsaturated/α-hetero) is 1. The summed E-state index contributed by atoms with van der Waals surface area (Å²) in [5.41, 5.74) is -2.91. The molecule has 0 radical (unpaired) electrons. The Hall–Kier alpha value is -1.76. The highest BCUT2D eigenvalue weighted by Gasteiger charge is 2.73. The first kappa shape index (κ1) is 23.9. The maximum absolute atomic E-state index is 14.2. The standard InChI is InChI=1S/C25H36O6/c1-8-13(2)22(29)31-21-14(3)11-24-16(5)9-15(4)23(6,7)18(20(24)28)10-17(12-26)19(27)25(21,24)30/h8,10-11,15-16,18-19,21,26-27,30H,9,12H2,1-7H3/b13-8-/t15-,16?,18?,19+,21-,24?,25-/m0/s1. The van der Waals surface area contributed by atoms with E-state index in [0.717, 1.165) is 0 Å². The first-order valence-electron chi connectivity index (χ1n) is 11.1. The van der Waals surface area contributed by atoms with Crippen molar-refractivity contribution in [3.63, 3.8) is 0 Å². The summed E-state index contributed by atoms with van der Waals surface area (Å²) in [5.74, 6) is -1.58. The Morgan fingerprint density at radius 3 is 2.45 bits per heavy atom. The molecule has 0 amide bonds. The zero-order valence-electron chi connectivity index (χ0n) is 19.6. The van der Waals surface area contributed by atoms with E-state index in [1.165, 1.54) is 0 Å². The van der Waals surface area contributed by atoms with Crippen LogP contribution in [0.2, 0.25) is 0 Å². The minimum Gasteiger partial charge on any atom is -0.451 e. The van der Waals surface area contributed by atoms with Crippen molar-refractivity contribution >= 4 is 11.8 Å². The fraction of sp³-hybridized carbons (Fsp3) is 0.680. The second-order valence-corrected chi connectivity index (χ2v) is 10.3. The van der Waals surface area contributed by atoms with Gasteiger partial charge in [0.1, 0.15) is 6.10 Å². The topological polar surface area (TPSA) is 104 Å². The van der Waals surface area contributed by atoms with Crippen LogP contribution in [0.15, 0.2) is 34.9 Å². The molecule has 0 aromatic rings. The molecule has 0 aromatic carbocycles. The Kier molecular flexibility index (Phi) is 5.92. The predicted molar refractivity (Wildman–Crippen MR) is 117 cm³/mol. The predicted octanol–water partition coefficient (Wildman–Crippen LogP) is 2.72. The third kappa shape index (κ3) is 3.02. The third-order valence-corrected chi connectivity index (χ3v) is 8.49. The molecular formula is C25H36O6. The molecule has 0 aromatic heterocycles. The van der Waals surface area contributed by atoms with Crippen LogP contribution in [0.1, 0.15) is 54.9 Å². The summed E-state index contributed by atoms with van der Waals surface area (Å²) in [6, 6.07) is 0. The van der Waals surface area contributed by atoms with Crippen molar-refractivity contribution in [3.8, 4) is 0 Å². The molecule has 1 spiro atoms. The summed E-state index contributed by atoms with van der Waals surface area (Å²) in [5, 5.41) is 33.7. The fourth-order valence-corrected chi connectivity index (χ4v) is 5.97. The summed E-state index contributed by atoms with van der Waals surface area (Å²) in [4.78, 5) is 26.8. The van der Waals surface area contributed by atoms with Gasteiger partial charge < -0.3 is 20.1 Å². The SMILES string of the molecule is C/C=C(/C)C(=O)O[C@H]1C(C)=CC23C(=O)C(C=C(CO)[C@@H](O)[C@]12O)C(C)(C)[C@@H](C)CC3C. The summed E-state index contributed by atoms with van der Waals surface area (Å²) in [6.45, 7) is 12.6. The zero-order valence-corrected chi connectivity index (χ0v) is 19.6. The average molecular weight is 433 g/mol. The number of esters is 1. The first-order valence-corrected chi connectivity index (χ1v) is 11.1. The average Bonchev–Trinajstić information content (AvgIpc) is 2.88. The molecule has 3 N–H and O–H groups in total. The van der Waals surface area contributed by atoms with E-state index < -0.39 is 47.1 Å². The van der Waals surface area contributed by atoms with Crippen LogP contribution in [0.5, 0.6) is 0 Å². The van der Waals surface area contributed by atoms with E-state index in [1.807, 2.05) is 20.8 Å². The van der Waals surface area contributed by atoms with Gasteiger partial charge in [-0.1, -0.05) is 45.9 Å². The first-order chi connectivity index (χ1) is 14.3. The highest BCUT2D eigenvalue weighted by atomic mass is 16.6. The lowest BCUT2D eigenvalue weighted by atomic mass is 9.59. The molecule has 7 atom stereocenters. The van der Waals surface area contributed by atoms with E-state index in [2.05, 4.69) is 6.92 Å². The van der Waals surface area contributed by atoms with Gasteiger partial charge in [-0.3, -0.25) is 4.79 Å². The highest BCUT2D eigenvalue weighted by Crippen LogP contribution is 2.62. The quantitative estimate of drug-likeness (QED) is 0.360. The number of ketones is 1. The molecule has 0 saturated heterocycles. The van der Waals surface area contributed by atoms with Gasteiger partial charge in [-0.15, -0.1) is 0 Å². The van der Waals surface area contributed by atoms with E-state index >= 15 is 0 Å². The van der Waals surface area contributed by atoms with Gasteiger partial charge >= 0.3 is 5.97 Å². The van der Waals surface area contributed by atoms with Crippen LogP contribution in [0.3, 0.4) is 0 Å². The summed E-state index contributed by atoms with van der Waals surface area (Å²) < 4.78 is 5.72. The summed E-state index contributed by atoms with van der Waals surface area (Å²) in [6.07, 6.45) is 2.86. The second-order valence-electron chi connectivity index (χ2n) is 10.3. The van der Waals surface area contributed by atoms with Crippen molar-refractivity contribution < 1.29 is 29.6 Å². The molecule has 31 heavy (non-hydrogen) atoms. The molecule has 6 heteroatoms. The molecular weight excluding hydrogens is 396 g/mol. The number of carbonyl (C=O) groups is 2. The number of ether oxygens (including phenoxy) is 1. The van der Waals surface area contributed by atoms with E-state index in [9.17, 15) is 24.9 Å². The van der Waals surface area contributed by atoms with Crippen LogP contribution in [-0.2, 0) is 14.3 Å². The van der Waals surface area contributed by atoms with Crippen molar-refractivity contribution in [3.05, 3.63) is 34.9 Å². The van der Waals surface area contributed by atoms with Gasteiger partial charge in [0.25, 0.3) is 0 Å².